The van der Waals surface area contributed by atoms with E-state index in [1.54, 1.807) is 25.3 Å². The summed E-state index contributed by atoms with van der Waals surface area (Å²) in [5.74, 6) is -1.72. The first kappa shape index (κ1) is 22.3. The zero-order valence-corrected chi connectivity index (χ0v) is 17.8. The molecular weight excluding hydrogens is 398 g/mol. The second-order valence-electron chi connectivity index (χ2n) is 7.34. The first-order valence-electron chi connectivity index (χ1n) is 10.1. The van der Waals surface area contributed by atoms with Crippen molar-refractivity contribution in [1.82, 2.24) is 4.98 Å². The molecule has 0 unspecified atom stereocenters. The molecule has 4 nitrogen and oxygen atoms in total. The Hall–Kier alpha value is -3.41. The number of aryl methyl sites for hydroxylation is 2. The lowest BCUT2D eigenvalue weighted by molar-refractivity contribution is -0.118. The summed E-state index contributed by atoms with van der Waals surface area (Å²) in [6.07, 6.45) is 2.60. The number of amides is 1. The number of halogens is 2. The Labute approximate surface area is 180 Å². The molecule has 0 bridgehead atoms. The van der Waals surface area contributed by atoms with Crippen LogP contribution in [0.1, 0.15) is 41.4 Å². The van der Waals surface area contributed by atoms with Crippen LogP contribution in [0.5, 0.6) is 0 Å². The monoisotopic (exact) mass is 422 g/mol. The van der Waals surface area contributed by atoms with Gasteiger partial charge in [0.15, 0.2) is 5.78 Å². The van der Waals surface area contributed by atoms with Crippen molar-refractivity contribution in [3.8, 4) is 11.1 Å². The van der Waals surface area contributed by atoms with E-state index in [9.17, 15) is 18.4 Å². The molecule has 0 spiro atoms. The molecule has 0 aliphatic carbocycles. The van der Waals surface area contributed by atoms with E-state index in [0.29, 0.717) is 17.5 Å². The van der Waals surface area contributed by atoms with Crippen LogP contribution in [-0.4, -0.2) is 23.7 Å². The van der Waals surface area contributed by atoms with Gasteiger partial charge in [-0.1, -0.05) is 25.1 Å². The second kappa shape index (κ2) is 9.60. The number of carbonyl (C=O) groups is 2. The lowest BCUT2D eigenvalue weighted by Crippen LogP contribution is -2.25. The fourth-order valence-electron chi connectivity index (χ4n) is 3.42. The summed E-state index contributed by atoms with van der Waals surface area (Å²) in [6.45, 7) is 3.57. The van der Waals surface area contributed by atoms with Gasteiger partial charge in [0.05, 0.1) is 11.3 Å². The lowest BCUT2D eigenvalue weighted by atomic mass is 9.98. The standard InChI is InChI=1S/C25H24F2N2O2/c1-4-25(31)29(3)23-11-8-19(15-22(23)27)18-7-10-20(21(26)14-18)24(30)12-9-17-6-5-13-28-16(17)2/h5-8,10-11,13-15H,4,9,12H2,1-3H3. The fourth-order valence-corrected chi connectivity index (χ4v) is 3.42. The minimum Gasteiger partial charge on any atom is -0.313 e. The van der Waals surface area contributed by atoms with Crippen molar-refractivity contribution < 1.29 is 18.4 Å². The van der Waals surface area contributed by atoms with Crippen LogP contribution in [0.25, 0.3) is 11.1 Å². The van der Waals surface area contributed by atoms with Crippen molar-refractivity contribution in [2.75, 3.05) is 11.9 Å². The molecule has 2 aromatic carbocycles. The van der Waals surface area contributed by atoms with Gasteiger partial charge in [-0.3, -0.25) is 14.6 Å². The molecule has 0 aliphatic heterocycles. The summed E-state index contributed by atoms with van der Waals surface area (Å²) in [6, 6.07) is 12.3. The normalized spacial score (nSPS) is 10.7. The van der Waals surface area contributed by atoms with Gasteiger partial charge in [-0.2, -0.15) is 0 Å². The molecule has 31 heavy (non-hydrogen) atoms. The van der Waals surface area contributed by atoms with Crippen molar-refractivity contribution in [2.45, 2.75) is 33.1 Å². The van der Waals surface area contributed by atoms with E-state index < -0.39 is 11.6 Å². The summed E-state index contributed by atoms with van der Waals surface area (Å²) in [5.41, 5.74) is 2.89. The molecule has 0 N–H and O–H groups in total. The maximum absolute atomic E-state index is 14.7. The Bertz CT molecular complexity index is 1130. The Morgan fingerprint density at radius 2 is 1.68 bits per heavy atom. The van der Waals surface area contributed by atoms with Crippen LogP contribution in [-0.2, 0) is 11.2 Å². The van der Waals surface area contributed by atoms with E-state index in [2.05, 4.69) is 4.98 Å². The van der Waals surface area contributed by atoms with Crippen LogP contribution in [0, 0.1) is 18.6 Å². The van der Waals surface area contributed by atoms with Gasteiger partial charge in [0.1, 0.15) is 11.6 Å². The van der Waals surface area contributed by atoms with Gasteiger partial charge in [0.25, 0.3) is 0 Å². The number of rotatable bonds is 7. The average Bonchev–Trinajstić information content (AvgIpc) is 2.77. The topological polar surface area (TPSA) is 50.3 Å². The van der Waals surface area contributed by atoms with E-state index in [4.69, 9.17) is 0 Å². The van der Waals surface area contributed by atoms with E-state index in [1.807, 2.05) is 19.1 Å². The molecule has 0 saturated heterocycles. The van der Waals surface area contributed by atoms with Gasteiger partial charge in [-0.15, -0.1) is 0 Å². The largest absolute Gasteiger partial charge is 0.313 e. The summed E-state index contributed by atoms with van der Waals surface area (Å²) in [5, 5.41) is 0. The van der Waals surface area contributed by atoms with Crippen molar-refractivity contribution in [3.63, 3.8) is 0 Å². The van der Waals surface area contributed by atoms with Crippen molar-refractivity contribution >= 4 is 17.4 Å². The molecule has 1 aromatic heterocycles. The molecule has 160 valence electrons. The Morgan fingerprint density at radius 3 is 2.29 bits per heavy atom. The second-order valence-corrected chi connectivity index (χ2v) is 7.34. The van der Waals surface area contributed by atoms with Crippen molar-refractivity contribution in [2.24, 2.45) is 0 Å². The number of carbonyl (C=O) groups excluding carboxylic acids is 2. The molecule has 0 atom stereocenters. The summed E-state index contributed by atoms with van der Waals surface area (Å²) >= 11 is 0. The first-order chi connectivity index (χ1) is 14.8. The molecular formula is C25H24F2N2O2. The van der Waals surface area contributed by atoms with Gasteiger partial charge in [0.2, 0.25) is 5.91 Å². The molecule has 0 radical (unpaired) electrons. The highest BCUT2D eigenvalue weighted by Gasteiger charge is 2.16. The third-order valence-corrected chi connectivity index (χ3v) is 5.33. The van der Waals surface area contributed by atoms with Crippen LogP contribution < -0.4 is 4.90 Å². The lowest BCUT2D eigenvalue weighted by Gasteiger charge is -2.18. The third-order valence-electron chi connectivity index (χ3n) is 5.33. The summed E-state index contributed by atoms with van der Waals surface area (Å²) < 4.78 is 29.2. The number of Topliss-reactive ketones (excluding diaryl/α,β-unsaturated/α-hetero) is 1. The van der Waals surface area contributed by atoms with Crippen molar-refractivity contribution in [3.05, 3.63) is 83.2 Å². The van der Waals surface area contributed by atoms with E-state index in [1.165, 1.54) is 36.2 Å². The minimum atomic E-state index is -0.645. The molecule has 3 aromatic rings. The number of ketones is 1. The van der Waals surface area contributed by atoms with E-state index in [-0.39, 0.29) is 35.8 Å². The minimum absolute atomic E-state index is 0.00987. The van der Waals surface area contributed by atoms with E-state index >= 15 is 0 Å². The number of anilines is 1. The van der Waals surface area contributed by atoms with Crippen LogP contribution >= 0.6 is 0 Å². The molecule has 6 heteroatoms. The number of aromatic nitrogens is 1. The molecule has 1 amide bonds. The maximum atomic E-state index is 14.7. The number of benzene rings is 2. The van der Waals surface area contributed by atoms with Crippen LogP contribution in [0.2, 0.25) is 0 Å². The highest BCUT2D eigenvalue weighted by molar-refractivity contribution is 5.97. The Balaban J connectivity index is 1.77. The maximum Gasteiger partial charge on any atom is 0.226 e. The number of nitrogens with zero attached hydrogens (tertiary/aromatic N) is 2. The highest BCUT2D eigenvalue weighted by atomic mass is 19.1. The van der Waals surface area contributed by atoms with Gasteiger partial charge in [-0.05, 0) is 60.4 Å². The molecule has 0 fully saturated rings. The van der Waals surface area contributed by atoms with Crippen LogP contribution in [0.4, 0.5) is 14.5 Å². The number of pyridine rings is 1. The Kier molecular flexibility index (Phi) is 6.90. The number of hydrogen-bond acceptors (Lipinski definition) is 3. The van der Waals surface area contributed by atoms with Crippen LogP contribution in [0.15, 0.2) is 54.7 Å². The zero-order chi connectivity index (χ0) is 22.5. The van der Waals surface area contributed by atoms with E-state index in [0.717, 1.165) is 11.3 Å². The van der Waals surface area contributed by atoms with Gasteiger partial charge in [-0.25, -0.2) is 8.78 Å². The molecule has 0 aliphatic rings. The van der Waals surface area contributed by atoms with Gasteiger partial charge >= 0.3 is 0 Å². The zero-order valence-electron chi connectivity index (χ0n) is 17.8. The molecule has 3 rings (SSSR count). The van der Waals surface area contributed by atoms with Gasteiger partial charge < -0.3 is 4.90 Å². The van der Waals surface area contributed by atoms with Gasteiger partial charge in [0, 0.05) is 31.8 Å². The number of hydrogen-bond donors (Lipinski definition) is 0. The fraction of sp³-hybridized carbons (Fsp3) is 0.240. The Morgan fingerprint density at radius 1 is 1.00 bits per heavy atom. The molecule has 1 heterocycles. The summed E-state index contributed by atoms with van der Waals surface area (Å²) in [7, 11) is 1.51. The summed E-state index contributed by atoms with van der Waals surface area (Å²) in [4.78, 5) is 29.8. The first-order valence-corrected chi connectivity index (χ1v) is 10.1. The third kappa shape index (κ3) is 5.02. The predicted molar refractivity (Wildman–Crippen MR) is 117 cm³/mol. The predicted octanol–water partition coefficient (Wildman–Crippen LogP) is 5.52. The highest BCUT2D eigenvalue weighted by Crippen LogP contribution is 2.28. The average molecular weight is 422 g/mol. The van der Waals surface area contributed by atoms with Crippen LogP contribution in [0.3, 0.4) is 0 Å². The smallest absolute Gasteiger partial charge is 0.226 e. The quantitative estimate of drug-likeness (QED) is 0.471. The van der Waals surface area contributed by atoms with Crippen molar-refractivity contribution in [1.29, 1.82) is 0 Å². The SMILES string of the molecule is CCC(=O)N(C)c1ccc(-c2ccc(C(=O)CCc3cccnc3C)c(F)c2)cc1F. The molecule has 0 saturated carbocycles.